The Kier molecular flexibility index (Phi) is 3.78. The largest absolute Gasteiger partial charge is 0.354 e. The lowest BCUT2D eigenvalue weighted by atomic mass is 10.0. The first-order chi connectivity index (χ1) is 10.2. The first kappa shape index (κ1) is 15.8. The summed E-state index contributed by atoms with van der Waals surface area (Å²) in [7, 11) is -3.19. The van der Waals surface area contributed by atoms with Gasteiger partial charge in [-0.15, -0.1) is 0 Å². The second-order valence-corrected chi connectivity index (χ2v) is 9.23. The maximum absolute atomic E-state index is 12.0. The first-order valence-electron chi connectivity index (χ1n) is 7.18. The van der Waals surface area contributed by atoms with Crippen LogP contribution in [-0.2, 0) is 10.0 Å². The van der Waals surface area contributed by atoms with Gasteiger partial charge < -0.3 is 9.30 Å². The molecule has 0 aliphatic carbocycles. The third kappa shape index (κ3) is 2.77. The van der Waals surface area contributed by atoms with Crippen LogP contribution in [0.1, 0.15) is 13.8 Å². The van der Waals surface area contributed by atoms with E-state index in [9.17, 15) is 8.42 Å². The van der Waals surface area contributed by atoms with E-state index in [0.29, 0.717) is 19.6 Å². The number of hydrogen-bond donors (Lipinski definition) is 0. The van der Waals surface area contributed by atoms with Gasteiger partial charge in [0.15, 0.2) is 0 Å². The Hall–Kier alpha value is -1.05. The maximum atomic E-state index is 12.0. The molecule has 22 heavy (non-hydrogen) atoms. The minimum absolute atomic E-state index is 0.437. The van der Waals surface area contributed by atoms with Gasteiger partial charge in [0.25, 0.3) is 0 Å². The lowest BCUT2D eigenvalue weighted by Crippen LogP contribution is -2.61. The Morgan fingerprint density at radius 2 is 1.95 bits per heavy atom. The summed E-state index contributed by atoms with van der Waals surface area (Å²) < 4.78 is 28.7. The molecular weight excluding hydrogens is 366 g/mol. The van der Waals surface area contributed by atoms with Crippen LogP contribution in [0.15, 0.2) is 34.9 Å². The number of fused-ring (bicyclic) bond motifs is 1. The Morgan fingerprint density at radius 1 is 1.23 bits per heavy atom. The SMILES string of the molecule is CC1(C)CN(c2cc(Br)cc3cccn23)CCN1S(C)(=O)=O. The Morgan fingerprint density at radius 3 is 2.59 bits per heavy atom. The smallest absolute Gasteiger partial charge is 0.211 e. The van der Waals surface area contributed by atoms with Gasteiger partial charge >= 0.3 is 0 Å². The van der Waals surface area contributed by atoms with Gasteiger partial charge in [-0.05, 0) is 38.1 Å². The molecule has 0 aromatic carbocycles. The highest BCUT2D eigenvalue weighted by Crippen LogP contribution is 2.30. The Balaban J connectivity index is 1.99. The van der Waals surface area contributed by atoms with E-state index >= 15 is 0 Å². The van der Waals surface area contributed by atoms with E-state index in [4.69, 9.17) is 0 Å². The number of sulfonamides is 1. The third-order valence-electron chi connectivity index (χ3n) is 4.13. The highest BCUT2D eigenvalue weighted by molar-refractivity contribution is 9.10. The van der Waals surface area contributed by atoms with E-state index in [1.165, 1.54) is 6.26 Å². The van der Waals surface area contributed by atoms with Crippen molar-refractivity contribution in [2.45, 2.75) is 19.4 Å². The van der Waals surface area contributed by atoms with Crippen molar-refractivity contribution in [3.8, 4) is 0 Å². The molecule has 0 N–H and O–H groups in total. The van der Waals surface area contributed by atoms with Crippen LogP contribution in [0.3, 0.4) is 0 Å². The van der Waals surface area contributed by atoms with Gasteiger partial charge in [0.1, 0.15) is 5.82 Å². The van der Waals surface area contributed by atoms with Gasteiger partial charge in [0, 0.05) is 41.4 Å². The molecule has 7 heteroatoms. The second-order valence-electron chi connectivity index (χ2n) is 6.40. The number of hydrogen-bond acceptors (Lipinski definition) is 3. The van der Waals surface area contributed by atoms with Gasteiger partial charge in [-0.25, -0.2) is 8.42 Å². The van der Waals surface area contributed by atoms with Crippen molar-refractivity contribution in [3.63, 3.8) is 0 Å². The lowest BCUT2D eigenvalue weighted by Gasteiger charge is -2.46. The number of anilines is 1. The van der Waals surface area contributed by atoms with Crippen molar-refractivity contribution in [1.82, 2.24) is 8.71 Å². The number of nitrogens with zero attached hydrogens (tertiary/aromatic N) is 3. The van der Waals surface area contributed by atoms with Crippen LogP contribution in [0.4, 0.5) is 5.82 Å². The normalized spacial score (nSPS) is 19.7. The highest BCUT2D eigenvalue weighted by atomic mass is 79.9. The molecule has 1 aliphatic heterocycles. The summed E-state index contributed by atoms with van der Waals surface area (Å²) in [5.41, 5.74) is 0.681. The molecule has 1 saturated heterocycles. The van der Waals surface area contributed by atoms with Crippen molar-refractivity contribution in [1.29, 1.82) is 0 Å². The molecular formula is C15H20BrN3O2S. The van der Waals surface area contributed by atoms with E-state index < -0.39 is 15.6 Å². The molecule has 0 unspecified atom stereocenters. The minimum Gasteiger partial charge on any atom is -0.354 e. The van der Waals surface area contributed by atoms with Crippen molar-refractivity contribution >= 4 is 37.3 Å². The predicted molar refractivity (Wildman–Crippen MR) is 92.9 cm³/mol. The van der Waals surface area contributed by atoms with E-state index in [-0.39, 0.29) is 0 Å². The number of aromatic nitrogens is 1. The van der Waals surface area contributed by atoms with Crippen LogP contribution in [0.5, 0.6) is 0 Å². The van der Waals surface area contributed by atoms with Crippen LogP contribution in [0, 0.1) is 0 Å². The van der Waals surface area contributed by atoms with E-state index in [0.717, 1.165) is 15.8 Å². The second kappa shape index (κ2) is 5.25. The minimum atomic E-state index is -3.19. The van der Waals surface area contributed by atoms with Gasteiger partial charge in [0.05, 0.1) is 6.26 Å². The summed E-state index contributed by atoms with van der Waals surface area (Å²) >= 11 is 3.56. The maximum Gasteiger partial charge on any atom is 0.211 e. The highest BCUT2D eigenvalue weighted by Gasteiger charge is 2.39. The predicted octanol–water partition coefficient (Wildman–Crippen LogP) is 2.56. The quantitative estimate of drug-likeness (QED) is 0.797. The van der Waals surface area contributed by atoms with Crippen molar-refractivity contribution in [3.05, 3.63) is 34.9 Å². The Bertz CT molecular complexity index is 813. The standard InChI is InChI=1S/C15H20BrN3O2S/c1-15(2)11-17(7-8-19(15)22(3,20)21)14-10-12(16)9-13-5-4-6-18(13)14/h4-6,9-10H,7-8,11H2,1-3H3. The number of rotatable bonds is 2. The Labute approximate surface area is 139 Å². The van der Waals surface area contributed by atoms with Gasteiger partial charge in [0.2, 0.25) is 10.0 Å². The van der Waals surface area contributed by atoms with E-state index in [2.05, 4.69) is 43.4 Å². The van der Waals surface area contributed by atoms with Crippen molar-refractivity contribution < 1.29 is 8.42 Å². The molecule has 3 rings (SSSR count). The average molecular weight is 386 g/mol. The molecule has 3 heterocycles. The third-order valence-corrected chi connectivity index (χ3v) is 6.07. The average Bonchev–Trinajstić information content (AvgIpc) is 2.82. The molecule has 0 radical (unpaired) electrons. The molecule has 0 spiro atoms. The zero-order valence-electron chi connectivity index (χ0n) is 13.0. The molecule has 5 nitrogen and oxygen atoms in total. The van der Waals surface area contributed by atoms with E-state index in [1.54, 1.807) is 4.31 Å². The van der Waals surface area contributed by atoms with E-state index in [1.807, 2.05) is 26.1 Å². The fourth-order valence-electron chi connectivity index (χ4n) is 3.29. The molecule has 0 atom stereocenters. The van der Waals surface area contributed by atoms with Crippen LogP contribution in [0.2, 0.25) is 0 Å². The first-order valence-corrected chi connectivity index (χ1v) is 9.82. The van der Waals surface area contributed by atoms with Gasteiger partial charge in [-0.1, -0.05) is 15.9 Å². The zero-order valence-corrected chi connectivity index (χ0v) is 15.4. The molecule has 0 saturated carbocycles. The molecule has 120 valence electrons. The topological polar surface area (TPSA) is 45.0 Å². The van der Waals surface area contributed by atoms with Crippen LogP contribution < -0.4 is 4.90 Å². The fourth-order valence-corrected chi connectivity index (χ4v) is 5.10. The number of pyridine rings is 1. The summed E-state index contributed by atoms with van der Waals surface area (Å²) in [6, 6.07) is 8.23. The summed E-state index contributed by atoms with van der Waals surface area (Å²) in [6.45, 7) is 5.79. The fraction of sp³-hybridized carbons (Fsp3) is 0.467. The monoisotopic (exact) mass is 385 g/mol. The van der Waals surface area contributed by atoms with Crippen LogP contribution in [0.25, 0.3) is 5.52 Å². The summed E-state index contributed by atoms with van der Waals surface area (Å²) in [5.74, 6) is 1.08. The lowest BCUT2D eigenvalue weighted by molar-refractivity contribution is 0.205. The molecule has 1 fully saturated rings. The summed E-state index contributed by atoms with van der Waals surface area (Å²) in [4.78, 5) is 2.25. The zero-order chi connectivity index (χ0) is 16.1. The number of piperazine rings is 1. The van der Waals surface area contributed by atoms with Gasteiger partial charge in [-0.3, -0.25) is 0 Å². The van der Waals surface area contributed by atoms with Crippen LogP contribution >= 0.6 is 15.9 Å². The summed E-state index contributed by atoms with van der Waals surface area (Å²) in [6.07, 6.45) is 3.32. The number of halogens is 1. The van der Waals surface area contributed by atoms with Crippen LogP contribution in [-0.4, -0.2) is 48.6 Å². The van der Waals surface area contributed by atoms with Crippen molar-refractivity contribution in [2.75, 3.05) is 30.8 Å². The molecule has 1 aliphatic rings. The molecule has 2 aromatic heterocycles. The molecule has 2 aromatic rings. The summed E-state index contributed by atoms with van der Waals surface area (Å²) in [5, 5.41) is 0. The molecule has 0 bridgehead atoms. The van der Waals surface area contributed by atoms with Crippen molar-refractivity contribution in [2.24, 2.45) is 0 Å². The van der Waals surface area contributed by atoms with Gasteiger partial charge in [-0.2, -0.15) is 4.31 Å². The molecule has 0 amide bonds.